The van der Waals surface area contributed by atoms with Gasteiger partial charge in [0.15, 0.2) is 17.8 Å². The van der Waals surface area contributed by atoms with Crippen molar-refractivity contribution >= 4 is 17.0 Å². The van der Waals surface area contributed by atoms with E-state index in [1.807, 2.05) is 0 Å². The van der Waals surface area contributed by atoms with E-state index in [1.54, 1.807) is 11.7 Å². The van der Waals surface area contributed by atoms with Crippen LogP contribution in [0.4, 0.5) is 18.9 Å². The lowest BCUT2D eigenvalue weighted by Crippen LogP contribution is -2.32. The van der Waals surface area contributed by atoms with Crippen molar-refractivity contribution in [3.05, 3.63) is 46.7 Å². The van der Waals surface area contributed by atoms with Gasteiger partial charge in [0.25, 0.3) is 0 Å². The third-order valence-electron chi connectivity index (χ3n) is 5.56. The van der Waals surface area contributed by atoms with Crippen LogP contribution in [0, 0.1) is 11.6 Å². The second-order valence-electron chi connectivity index (χ2n) is 7.71. The van der Waals surface area contributed by atoms with Gasteiger partial charge in [-0.1, -0.05) is 0 Å². The average molecular weight is 484 g/mol. The van der Waals surface area contributed by atoms with Crippen molar-refractivity contribution in [3.8, 4) is 16.3 Å². The molecule has 1 fully saturated rings. The van der Waals surface area contributed by atoms with Crippen LogP contribution in [-0.2, 0) is 11.8 Å². The normalized spacial score (nSPS) is 22.1. The zero-order chi connectivity index (χ0) is 23.7. The number of rotatable bonds is 6. The molecule has 4 atom stereocenters. The lowest BCUT2D eigenvalue weighted by atomic mass is 10.0. The Bertz CT molecular complexity index is 1110. The first-order valence-electron chi connectivity index (χ1n) is 10.3. The van der Waals surface area contributed by atoms with E-state index in [9.17, 15) is 18.3 Å². The van der Waals surface area contributed by atoms with E-state index in [-0.39, 0.29) is 28.6 Å². The van der Waals surface area contributed by atoms with Gasteiger partial charge in [-0.25, -0.2) is 18.2 Å². The van der Waals surface area contributed by atoms with Crippen molar-refractivity contribution in [3.63, 3.8) is 0 Å². The summed E-state index contributed by atoms with van der Waals surface area (Å²) in [4.78, 5) is 4.20. The van der Waals surface area contributed by atoms with Crippen molar-refractivity contribution in [2.75, 3.05) is 19.0 Å². The minimum absolute atomic E-state index is 0.0567. The van der Waals surface area contributed by atoms with Crippen molar-refractivity contribution < 1.29 is 27.8 Å². The number of ether oxygens (including phenoxy) is 2. The molecule has 33 heavy (non-hydrogen) atoms. The molecule has 1 unspecified atom stereocenters. The Hall–Kier alpha value is -2.67. The minimum Gasteiger partial charge on any atom is -0.494 e. The molecule has 3 heterocycles. The summed E-state index contributed by atoms with van der Waals surface area (Å²) in [5, 5.41) is 19.4. The maximum Gasteiger partial charge on any atom is 0.178 e. The van der Waals surface area contributed by atoms with Gasteiger partial charge >= 0.3 is 0 Å². The van der Waals surface area contributed by atoms with E-state index >= 15 is 0 Å². The Labute approximate surface area is 192 Å². The van der Waals surface area contributed by atoms with Crippen LogP contribution in [0.2, 0.25) is 0 Å². The van der Waals surface area contributed by atoms with Gasteiger partial charge in [0, 0.05) is 18.5 Å². The lowest BCUT2D eigenvalue weighted by Gasteiger charge is -2.19. The first-order valence-corrected chi connectivity index (χ1v) is 11.1. The molecule has 1 aromatic carbocycles. The molecule has 8 nitrogen and oxygen atoms in total. The smallest absolute Gasteiger partial charge is 0.178 e. The summed E-state index contributed by atoms with van der Waals surface area (Å²) in [5.74, 6) is -1.77. The predicted octanol–water partition coefficient (Wildman–Crippen LogP) is 3.45. The highest BCUT2D eigenvalue weighted by Gasteiger charge is 2.30. The number of nitrogens with two attached hydrogens (primary N) is 1. The van der Waals surface area contributed by atoms with Crippen LogP contribution in [0.3, 0.4) is 0 Å². The van der Waals surface area contributed by atoms with Gasteiger partial charge in [0.1, 0.15) is 28.8 Å². The Morgan fingerprint density at radius 2 is 2.15 bits per heavy atom. The number of halogens is 3. The highest BCUT2D eigenvalue weighted by Crippen LogP contribution is 2.36. The van der Waals surface area contributed by atoms with Gasteiger partial charge in [0.2, 0.25) is 0 Å². The first-order chi connectivity index (χ1) is 15.8. The van der Waals surface area contributed by atoms with E-state index in [1.165, 1.54) is 24.8 Å². The van der Waals surface area contributed by atoms with Crippen molar-refractivity contribution in [2.24, 2.45) is 12.8 Å². The number of aliphatic hydroxyl groups is 1. The summed E-state index contributed by atoms with van der Waals surface area (Å²) >= 11 is 0.982. The van der Waals surface area contributed by atoms with Crippen molar-refractivity contribution in [1.82, 2.24) is 14.8 Å². The second-order valence-corrected chi connectivity index (χ2v) is 8.57. The van der Waals surface area contributed by atoms with Gasteiger partial charge in [-0.2, -0.15) is 5.10 Å². The molecule has 0 amide bonds. The Morgan fingerprint density at radius 1 is 1.36 bits per heavy atom. The molecular formula is C21H24F3N5O3S. The lowest BCUT2D eigenvalue weighted by molar-refractivity contribution is 0.0246. The van der Waals surface area contributed by atoms with Crippen LogP contribution in [0.25, 0.3) is 10.6 Å². The van der Waals surface area contributed by atoms with Gasteiger partial charge in [0.05, 0.1) is 36.9 Å². The number of alkyl halides is 1. The number of aliphatic hydroxyl groups excluding tert-OH is 1. The number of hydrogen-bond donors (Lipinski definition) is 3. The molecule has 3 aromatic rings. The Morgan fingerprint density at radius 3 is 2.91 bits per heavy atom. The molecule has 4 rings (SSSR count). The molecule has 4 N–H and O–H groups in total. The molecule has 1 saturated heterocycles. The third-order valence-corrected chi connectivity index (χ3v) is 6.43. The van der Waals surface area contributed by atoms with Gasteiger partial charge in [-0.15, -0.1) is 11.3 Å². The zero-order valence-electron chi connectivity index (χ0n) is 18.0. The summed E-state index contributed by atoms with van der Waals surface area (Å²) < 4.78 is 55.0. The summed E-state index contributed by atoms with van der Waals surface area (Å²) in [6.07, 6.45) is -0.584. The maximum absolute atomic E-state index is 14.6. The highest BCUT2D eigenvalue weighted by atomic mass is 32.1. The van der Waals surface area contributed by atoms with Gasteiger partial charge < -0.3 is 25.6 Å². The molecule has 178 valence electrons. The van der Waals surface area contributed by atoms with E-state index in [0.717, 1.165) is 17.4 Å². The van der Waals surface area contributed by atoms with Gasteiger partial charge in [-0.05, 0) is 25.0 Å². The van der Waals surface area contributed by atoms with E-state index in [4.69, 9.17) is 15.2 Å². The largest absolute Gasteiger partial charge is 0.494 e. The molecule has 1 aliphatic heterocycles. The zero-order valence-corrected chi connectivity index (χ0v) is 18.8. The molecule has 0 aliphatic carbocycles. The van der Waals surface area contributed by atoms with Crippen LogP contribution in [0.1, 0.15) is 36.6 Å². The first kappa shape index (κ1) is 23.5. The molecule has 0 bridgehead atoms. The predicted molar refractivity (Wildman–Crippen MR) is 117 cm³/mol. The number of benzene rings is 1. The molecule has 0 spiro atoms. The summed E-state index contributed by atoms with van der Waals surface area (Å²) in [6.45, 7) is -0.133. The number of nitrogens with one attached hydrogen (secondary N) is 1. The van der Waals surface area contributed by atoms with Crippen LogP contribution < -0.4 is 15.8 Å². The number of nitrogens with zero attached hydrogens (tertiary/aromatic N) is 3. The van der Waals surface area contributed by atoms with E-state index < -0.39 is 36.2 Å². The molecule has 1 aliphatic rings. The number of methoxy groups -OCH3 is 1. The fraction of sp³-hybridized carbons (Fsp3) is 0.429. The van der Waals surface area contributed by atoms with Gasteiger partial charge in [-0.3, -0.25) is 4.68 Å². The van der Waals surface area contributed by atoms with Crippen LogP contribution in [0.5, 0.6) is 5.75 Å². The van der Waals surface area contributed by atoms with Crippen molar-refractivity contribution in [2.45, 2.75) is 37.4 Å². The SMILES string of the molecule is COc1ccc(F)c(-c2nc(C(O)Nc3cnn(C)c3[C@@H]3CC[C@@H](N)[C@H](F)CO3)cs2)c1F. The Kier molecular flexibility index (Phi) is 6.88. The van der Waals surface area contributed by atoms with E-state index in [0.29, 0.717) is 24.2 Å². The topological polar surface area (TPSA) is 107 Å². The molecule has 0 saturated carbocycles. The fourth-order valence-corrected chi connectivity index (χ4v) is 4.61. The third kappa shape index (κ3) is 4.69. The second kappa shape index (κ2) is 9.67. The number of hydrogen-bond acceptors (Lipinski definition) is 8. The van der Waals surface area contributed by atoms with Crippen molar-refractivity contribution in [1.29, 1.82) is 0 Å². The molecule has 0 radical (unpaired) electrons. The standard InChI is InChI=1S/C21H24F3N5O3S/c1-29-19(16-6-4-12(25)11(23)8-32-16)13(7-26-29)27-20(30)14-9-33-21(28-14)17-10(22)3-5-15(31-2)18(17)24/h3,5,7,9,11-12,16,20,27,30H,4,6,8,25H2,1-2H3/t11-,12-,16+,20?/m1/s1. The van der Waals surface area contributed by atoms with E-state index in [2.05, 4.69) is 15.4 Å². The number of aryl methyl sites for hydroxylation is 1. The minimum atomic E-state index is -1.29. The van der Waals surface area contributed by atoms with Crippen LogP contribution in [-0.4, -0.2) is 45.8 Å². The number of aromatic nitrogens is 3. The Balaban J connectivity index is 1.55. The highest BCUT2D eigenvalue weighted by molar-refractivity contribution is 7.13. The summed E-state index contributed by atoms with van der Waals surface area (Å²) in [7, 11) is 3.00. The quantitative estimate of drug-likeness (QED) is 0.461. The summed E-state index contributed by atoms with van der Waals surface area (Å²) in [6, 6.07) is 1.68. The summed E-state index contributed by atoms with van der Waals surface area (Å²) in [5.41, 5.74) is 6.74. The molecular weight excluding hydrogens is 459 g/mol. The van der Waals surface area contributed by atoms with Crippen LogP contribution >= 0.6 is 11.3 Å². The monoisotopic (exact) mass is 483 g/mol. The maximum atomic E-state index is 14.6. The fourth-order valence-electron chi connectivity index (χ4n) is 3.73. The van der Waals surface area contributed by atoms with Crippen LogP contribution in [0.15, 0.2) is 23.7 Å². The number of thiazole rings is 1. The average Bonchev–Trinajstić information content (AvgIpc) is 3.37. The number of anilines is 1. The molecule has 2 aromatic heterocycles. The molecule has 12 heteroatoms.